The topological polar surface area (TPSA) is 81.9 Å². The molecule has 2 heterocycles. The highest BCUT2D eigenvalue weighted by molar-refractivity contribution is 7.99. The Balaban J connectivity index is 1.35. The SMILES string of the molecule is C[C@@H](NC(=O)CSc1nnnn1C[C@H]1CCCO1)c1cccc2ccccc12. The lowest BCUT2D eigenvalue weighted by molar-refractivity contribution is -0.119. The minimum atomic E-state index is -0.0814. The van der Waals surface area contributed by atoms with Crippen LogP contribution in [0.15, 0.2) is 47.6 Å². The molecule has 8 heteroatoms. The minimum Gasteiger partial charge on any atom is -0.376 e. The summed E-state index contributed by atoms with van der Waals surface area (Å²) in [6, 6.07) is 14.3. The maximum Gasteiger partial charge on any atom is 0.230 e. The lowest BCUT2D eigenvalue weighted by atomic mass is 10.00. The zero-order valence-corrected chi connectivity index (χ0v) is 16.6. The second-order valence-corrected chi connectivity index (χ2v) is 7.87. The van der Waals surface area contributed by atoms with Gasteiger partial charge in [0, 0.05) is 6.61 Å². The standard InChI is InChI=1S/C20H23N5O2S/c1-14(17-10-4-7-15-6-2-3-9-18(15)17)21-19(26)13-28-20-22-23-24-25(20)12-16-8-5-11-27-16/h2-4,6-7,9-10,14,16H,5,8,11-13H2,1H3,(H,21,26)/t14-,16-/m1/s1. The summed E-state index contributed by atoms with van der Waals surface area (Å²) in [7, 11) is 0. The Morgan fingerprint density at radius 2 is 2.18 bits per heavy atom. The van der Waals surface area contributed by atoms with Gasteiger partial charge in [0.2, 0.25) is 11.1 Å². The second-order valence-electron chi connectivity index (χ2n) is 6.92. The molecule has 0 aliphatic carbocycles. The molecule has 2 atom stereocenters. The molecule has 2 aromatic carbocycles. The normalized spacial score (nSPS) is 17.7. The average molecular weight is 398 g/mol. The predicted octanol–water partition coefficient (Wildman–Crippen LogP) is 2.97. The lowest BCUT2D eigenvalue weighted by Crippen LogP contribution is -2.28. The van der Waals surface area contributed by atoms with Crippen molar-refractivity contribution in [3.8, 4) is 0 Å². The third-order valence-corrected chi connectivity index (χ3v) is 5.86. The maximum absolute atomic E-state index is 12.5. The molecule has 4 rings (SSSR count). The quantitative estimate of drug-likeness (QED) is 0.617. The fraction of sp³-hybridized carbons (Fsp3) is 0.400. The van der Waals surface area contributed by atoms with Crippen molar-refractivity contribution in [2.45, 2.75) is 43.6 Å². The molecule has 1 saturated heterocycles. The summed E-state index contributed by atoms with van der Waals surface area (Å²) in [5.41, 5.74) is 1.11. The van der Waals surface area contributed by atoms with Crippen molar-refractivity contribution in [1.82, 2.24) is 25.5 Å². The molecule has 1 aliphatic heterocycles. The number of tetrazole rings is 1. The van der Waals surface area contributed by atoms with E-state index in [2.05, 4.69) is 45.1 Å². The van der Waals surface area contributed by atoms with Crippen LogP contribution in [0.3, 0.4) is 0 Å². The number of amides is 1. The van der Waals surface area contributed by atoms with Gasteiger partial charge in [0.25, 0.3) is 0 Å². The van der Waals surface area contributed by atoms with Gasteiger partial charge in [-0.3, -0.25) is 4.79 Å². The summed E-state index contributed by atoms with van der Waals surface area (Å²) in [6.45, 7) is 3.43. The number of thioether (sulfide) groups is 1. The summed E-state index contributed by atoms with van der Waals surface area (Å²) < 4.78 is 7.36. The van der Waals surface area contributed by atoms with Crippen LogP contribution in [-0.2, 0) is 16.1 Å². The number of fused-ring (bicyclic) bond motifs is 1. The smallest absolute Gasteiger partial charge is 0.230 e. The number of ether oxygens (including phenoxy) is 1. The number of hydrogen-bond acceptors (Lipinski definition) is 6. The van der Waals surface area contributed by atoms with E-state index in [9.17, 15) is 4.79 Å². The van der Waals surface area contributed by atoms with E-state index in [1.807, 2.05) is 25.1 Å². The molecule has 146 valence electrons. The van der Waals surface area contributed by atoms with Crippen LogP contribution in [0.25, 0.3) is 10.8 Å². The Labute approximate surface area is 167 Å². The van der Waals surface area contributed by atoms with E-state index in [1.54, 1.807) is 4.68 Å². The minimum absolute atomic E-state index is 0.0444. The molecule has 1 aliphatic rings. The molecule has 1 aromatic heterocycles. The number of aromatic nitrogens is 4. The molecule has 3 aromatic rings. The van der Waals surface area contributed by atoms with Crippen molar-refractivity contribution < 1.29 is 9.53 Å². The van der Waals surface area contributed by atoms with Crippen molar-refractivity contribution in [2.24, 2.45) is 0 Å². The first kappa shape index (κ1) is 18.9. The van der Waals surface area contributed by atoms with Gasteiger partial charge in [-0.2, -0.15) is 0 Å². The number of carbonyl (C=O) groups excluding carboxylic acids is 1. The van der Waals surface area contributed by atoms with Crippen LogP contribution in [0, 0.1) is 0 Å². The van der Waals surface area contributed by atoms with E-state index in [4.69, 9.17) is 4.74 Å². The Kier molecular flexibility index (Phi) is 5.87. The average Bonchev–Trinajstić information content (AvgIpc) is 3.38. The molecular weight excluding hydrogens is 374 g/mol. The summed E-state index contributed by atoms with van der Waals surface area (Å²) in [4.78, 5) is 12.5. The van der Waals surface area contributed by atoms with Crippen molar-refractivity contribution in [3.63, 3.8) is 0 Å². The van der Waals surface area contributed by atoms with E-state index >= 15 is 0 Å². The zero-order valence-electron chi connectivity index (χ0n) is 15.7. The molecule has 1 amide bonds. The van der Waals surface area contributed by atoms with Gasteiger partial charge in [0.15, 0.2) is 0 Å². The number of benzene rings is 2. The van der Waals surface area contributed by atoms with Gasteiger partial charge >= 0.3 is 0 Å². The van der Waals surface area contributed by atoms with E-state index in [-0.39, 0.29) is 23.8 Å². The van der Waals surface area contributed by atoms with Gasteiger partial charge in [-0.15, -0.1) is 5.10 Å². The van der Waals surface area contributed by atoms with Gasteiger partial charge in [-0.25, -0.2) is 4.68 Å². The monoisotopic (exact) mass is 397 g/mol. The Hall–Kier alpha value is -2.45. The Morgan fingerprint density at radius 1 is 1.32 bits per heavy atom. The first-order chi connectivity index (χ1) is 13.7. The van der Waals surface area contributed by atoms with E-state index in [1.165, 1.54) is 17.1 Å². The van der Waals surface area contributed by atoms with Crippen LogP contribution >= 0.6 is 11.8 Å². The molecule has 0 unspecified atom stereocenters. The molecule has 1 N–H and O–H groups in total. The highest BCUT2D eigenvalue weighted by Gasteiger charge is 2.20. The molecule has 1 fully saturated rings. The van der Waals surface area contributed by atoms with Gasteiger partial charge in [-0.1, -0.05) is 54.2 Å². The van der Waals surface area contributed by atoms with Crippen LogP contribution < -0.4 is 5.32 Å². The van der Waals surface area contributed by atoms with Crippen LogP contribution in [0.1, 0.15) is 31.4 Å². The van der Waals surface area contributed by atoms with Crippen LogP contribution in [0.5, 0.6) is 0 Å². The highest BCUT2D eigenvalue weighted by Crippen LogP contribution is 2.24. The van der Waals surface area contributed by atoms with Gasteiger partial charge in [0.05, 0.1) is 24.4 Å². The first-order valence-electron chi connectivity index (χ1n) is 9.48. The van der Waals surface area contributed by atoms with Crippen LogP contribution in [0.2, 0.25) is 0 Å². The maximum atomic E-state index is 12.5. The summed E-state index contributed by atoms with van der Waals surface area (Å²) in [5, 5.41) is 17.9. The number of carbonyl (C=O) groups is 1. The molecular formula is C20H23N5O2S. The molecule has 0 saturated carbocycles. The van der Waals surface area contributed by atoms with Crippen molar-refractivity contribution in [3.05, 3.63) is 48.0 Å². The number of nitrogens with one attached hydrogen (secondary N) is 1. The van der Waals surface area contributed by atoms with Crippen molar-refractivity contribution in [1.29, 1.82) is 0 Å². The van der Waals surface area contributed by atoms with E-state index < -0.39 is 0 Å². The summed E-state index contributed by atoms with van der Waals surface area (Å²) >= 11 is 1.35. The molecule has 0 spiro atoms. The third-order valence-electron chi connectivity index (χ3n) is 4.90. The highest BCUT2D eigenvalue weighted by atomic mass is 32.2. The lowest BCUT2D eigenvalue weighted by Gasteiger charge is -2.16. The van der Waals surface area contributed by atoms with Crippen molar-refractivity contribution in [2.75, 3.05) is 12.4 Å². The van der Waals surface area contributed by atoms with Gasteiger partial charge in [0.1, 0.15) is 0 Å². The summed E-state index contributed by atoms with van der Waals surface area (Å²) in [5.74, 6) is 0.221. The molecule has 0 radical (unpaired) electrons. The molecule has 7 nitrogen and oxygen atoms in total. The Morgan fingerprint density at radius 3 is 3.04 bits per heavy atom. The zero-order chi connectivity index (χ0) is 19.3. The first-order valence-corrected chi connectivity index (χ1v) is 10.5. The van der Waals surface area contributed by atoms with Gasteiger partial charge in [-0.05, 0) is 46.5 Å². The predicted molar refractivity (Wildman–Crippen MR) is 108 cm³/mol. The van der Waals surface area contributed by atoms with Crippen LogP contribution in [0.4, 0.5) is 0 Å². The van der Waals surface area contributed by atoms with Crippen LogP contribution in [-0.4, -0.2) is 44.6 Å². The number of nitrogens with zero attached hydrogens (tertiary/aromatic N) is 4. The largest absolute Gasteiger partial charge is 0.376 e. The second kappa shape index (κ2) is 8.70. The molecule has 28 heavy (non-hydrogen) atoms. The van der Waals surface area contributed by atoms with Gasteiger partial charge < -0.3 is 10.1 Å². The fourth-order valence-electron chi connectivity index (χ4n) is 3.51. The van der Waals surface area contributed by atoms with E-state index in [0.29, 0.717) is 11.7 Å². The number of rotatable bonds is 7. The molecule has 0 bridgehead atoms. The summed E-state index contributed by atoms with van der Waals surface area (Å²) in [6.07, 6.45) is 2.25. The van der Waals surface area contributed by atoms with E-state index in [0.717, 1.165) is 30.4 Å². The number of hydrogen-bond donors (Lipinski definition) is 1. The third kappa shape index (κ3) is 4.34. The van der Waals surface area contributed by atoms with Crippen molar-refractivity contribution >= 4 is 28.4 Å². The Bertz CT molecular complexity index is 949. The fourth-order valence-corrected chi connectivity index (χ4v) is 4.21.